The van der Waals surface area contributed by atoms with E-state index in [-0.39, 0.29) is 5.91 Å². The van der Waals surface area contributed by atoms with Crippen molar-refractivity contribution in [2.75, 3.05) is 6.54 Å². The molecule has 1 saturated carbocycles. The molecule has 2 aliphatic rings. The highest BCUT2D eigenvalue weighted by molar-refractivity contribution is 5.76. The molecule has 120 valence electrons. The second-order valence-electron chi connectivity index (χ2n) is 6.86. The standard InChI is InChI=1S/C19H28N2O/c22-19(13-12-17-7-4-14-20-17)21-18-10-8-16(9-11-18)15-5-2-1-3-6-15/h1-3,5-6,16-18,20H,4,7-14H2,(H,21,22). The zero-order valence-corrected chi connectivity index (χ0v) is 13.4. The van der Waals surface area contributed by atoms with Crippen LogP contribution in [0, 0.1) is 0 Å². The molecular weight excluding hydrogens is 272 g/mol. The van der Waals surface area contributed by atoms with Gasteiger partial charge >= 0.3 is 0 Å². The first kappa shape index (κ1) is 15.5. The van der Waals surface area contributed by atoms with Gasteiger partial charge in [0.15, 0.2) is 0 Å². The first-order valence-electron chi connectivity index (χ1n) is 8.89. The van der Waals surface area contributed by atoms with Gasteiger partial charge in [0.2, 0.25) is 5.91 Å². The molecule has 0 spiro atoms. The Morgan fingerprint density at radius 2 is 1.86 bits per heavy atom. The summed E-state index contributed by atoms with van der Waals surface area (Å²) in [4.78, 5) is 12.1. The summed E-state index contributed by atoms with van der Waals surface area (Å²) in [6.45, 7) is 1.12. The maximum absolute atomic E-state index is 12.1. The molecule has 1 atom stereocenters. The molecular formula is C19H28N2O. The second-order valence-corrected chi connectivity index (χ2v) is 6.86. The van der Waals surface area contributed by atoms with E-state index in [1.165, 1.54) is 31.2 Å². The molecule has 3 rings (SSSR count). The van der Waals surface area contributed by atoms with Crippen molar-refractivity contribution in [2.24, 2.45) is 0 Å². The fourth-order valence-electron chi connectivity index (χ4n) is 3.90. The summed E-state index contributed by atoms with van der Waals surface area (Å²) in [6.07, 6.45) is 8.78. The lowest BCUT2D eigenvalue weighted by Gasteiger charge is -2.29. The summed E-state index contributed by atoms with van der Waals surface area (Å²) in [5.74, 6) is 0.925. The number of amides is 1. The molecule has 1 aromatic carbocycles. The van der Waals surface area contributed by atoms with Gasteiger partial charge in [-0.25, -0.2) is 0 Å². The molecule has 1 aromatic rings. The van der Waals surface area contributed by atoms with Crippen molar-refractivity contribution in [3.63, 3.8) is 0 Å². The highest BCUT2D eigenvalue weighted by atomic mass is 16.1. The van der Waals surface area contributed by atoms with Gasteiger partial charge in [0, 0.05) is 18.5 Å². The Balaban J connectivity index is 1.37. The molecule has 1 aliphatic heterocycles. The normalized spacial score (nSPS) is 28.5. The highest BCUT2D eigenvalue weighted by Crippen LogP contribution is 2.32. The number of nitrogens with one attached hydrogen (secondary N) is 2. The van der Waals surface area contributed by atoms with Crippen molar-refractivity contribution >= 4 is 5.91 Å². The van der Waals surface area contributed by atoms with Crippen LogP contribution in [0.15, 0.2) is 30.3 Å². The first-order chi connectivity index (χ1) is 10.8. The SMILES string of the molecule is O=C(CCC1CCCN1)NC1CCC(c2ccccc2)CC1. The van der Waals surface area contributed by atoms with Crippen LogP contribution in [0.25, 0.3) is 0 Å². The van der Waals surface area contributed by atoms with E-state index < -0.39 is 0 Å². The van der Waals surface area contributed by atoms with E-state index in [4.69, 9.17) is 0 Å². The molecule has 3 heteroatoms. The van der Waals surface area contributed by atoms with Gasteiger partial charge in [-0.15, -0.1) is 0 Å². The molecule has 1 heterocycles. The van der Waals surface area contributed by atoms with E-state index in [0.717, 1.165) is 25.8 Å². The zero-order chi connectivity index (χ0) is 15.2. The molecule has 1 saturated heterocycles. The fraction of sp³-hybridized carbons (Fsp3) is 0.632. The lowest BCUT2D eigenvalue weighted by molar-refractivity contribution is -0.122. The van der Waals surface area contributed by atoms with E-state index in [1.807, 2.05) is 0 Å². The van der Waals surface area contributed by atoms with Gasteiger partial charge in [0.1, 0.15) is 0 Å². The summed E-state index contributed by atoms with van der Waals surface area (Å²) in [7, 11) is 0. The maximum Gasteiger partial charge on any atom is 0.220 e. The van der Waals surface area contributed by atoms with Gasteiger partial charge < -0.3 is 10.6 Å². The third-order valence-corrected chi connectivity index (χ3v) is 5.25. The van der Waals surface area contributed by atoms with Gasteiger partial charge in [0.25, 0.3) is 0 Å². The van der Waals surface area contributed by atoms with Crippen LogP contribution in [0.1, 0.15) is 62.8 Å². The van der Waals surface area contributed by atoms with Crippen molar-refractivity contribution in [3.05, 3.63) is 35.9 Å². The van der Waals surface area contributed by atoms with Crippen molar-refractivity contribution in [1.29, 1.82) is 0 Å². The van der Waals surface area contributed by atoms with E-state index in [9.17, 15) is 4.79 Å². The Morgan fingerprint density at radius 1 is 1.09 bits per heavy atom. The predicted molar refractivity (Wildman–Crippen MR) is 89.8 cm³/mol. The monoisotopic (exact) mass is 300 g/mol. The fourth-order valence-corrected chi connectivity index (χ4v) is 3.90. The minimum absolute atomic E-state index is 0.247. The molecule has 3 nitrogen and oxygen atoms in total. The van der Waals surface area contributed by atoms with Crippen LogP contribution in [0.3, 0.4) is 0 Å². The number of hydrogen-bond acceptors (Lipinski definition) is 2. The zero-order valence-electron chi connectivity index (χ0n) is 13.4. The second kappa shape index (κ2) is 7.77. The molecule has 0 bridgehead atoms. The Bertz CT molecular complexity index is 460. The predicted octanol–water partition coefficient (Wildman–Crippen LogP) is 3.36. The van der Waals surface area contributed by atoms with Gasteiger partial charge in [0.05, 0.1) is 0 Å². The topological polar surface area (TPSA) is 41.1 Å². The van der Waals surface area contributed by atoms with Crippen LogP contribution in [0.4, 0.5) is 0 Å². The number of carbonyl (C=O) groups is 1. The minimum atomic E-state index is 0.247. The lowest BCUT2D eigenvalue weighted by atomic mass is 9.82. The lowest BCUT2D eigenvalue weighted by Crippen LogP contribution is -2.38. The summed E-state index contributed by atoms with van der Waals surface area (Å²) in [6, 6.07) is 11.8. The molecule has 0 aromatic heterocycles. The van der Waals surface area contributed by atoms with E-state index in [0.29, 0.717) is 24.4 Å². The maximum atomic E-state index is 12.1. The number of benzene rings is 1. The minimum Gasteiger partial charge on any atom is -0.353 e. The molecule has 1 amide bonds. The van der Waals surface area contributed by atoms with Crippen LogP contribution in [0.5, 0.6) is 0 Å². The van der Waals surface area contributed by atoms with Crippen molar-refractivity contribution in [3.8, 4) is 0 Å². The quantitative estimate of drug-likeness (QED) is 0.875. The molecule has 2 fully saturated rings. The average Bonchev–Trinajstić information content (AvgIpc) is 3.08. The first-order valence-corrected chi connectivity index (χ1v) is 8.89. The smallest absolute Gasteiger partial charge is 0.220 e. The van der Waals surface area contributed by atoms with Gasteiger partial charge in [-0.05, 0) is 63.0 Å². The molecule has 22 heavy (non-hydrogen) atoms. The van der Waals surface area contributed by atoms with Crippen LogP contribution in [-0.4, -0.2) is 24.5 Å². The Labute approximate surface area is 133 Å². The molecule has 0 radical (unpaired) electrons. The Hall–Kier alpha value is -1.35. The third-order valence-electron chi connectivity index (χ3n) is 5.25. The summed E-state index contributed by atoms with van der Waals surface area (Å²) >= 11 is 0. The van der Waals surface area contributed by atoms with Gasteiger partial charge in [-0.2, -0.15) is 0 Å². The largest absolute Gasteiger partial charge is 0.353 e. The van der Waals surface area contributed by atoms with Crippen LogP contribution >= 0.6 is 0 Å². The van der Waals surface area contributed by atoms with Gasteiger partial charge in [-0.1, -0.05) is 30.3 Å². The van der Waals surface area contributed by atoms with Crippen LogP contribution in [-0.2, 0) is 4.79 Å². The van der Waals surface area contributed by atoms with Crippen molar-refractivity contribution < 1.29 is 4.79 Å². The molecule has 2 N–H and O–H groups in total. The number of carbonyl (C=O) groups excluding carboxylic acids is 1. The van der Waals surface area contributed by atoms with Crippen LogP contribution < -0.4 is 10.6 Å². The summed E-state index contributed by atoms with van der Waals surface area (Å²) in [5, 5.41) is 6.71. The van der Waals surface area contributed by atoms with Crippen molar-refractivity contribution in [1.82, 2.24) is 10.6 Å². The summed E-state index contributed by atoms with van der Waals surface area (Å²) < 4.78 is 0. The Kier molecular flexibility index (Phi) is 5.49. The Morgan fingerprint density at radius 3 is 2.55 bits per heavy atom. The van der Waals surface area contributed by atoms with Gasteiger partial charge in [-0.3, -0.25) is 4.79 Å². The number of rotatable bonds is 5. The van der Waals surface area contributed by atoms with Crippen molar-refractivity contribution in [2.45, 2.75) is 69.4 Å². The third kappa shape index (κ3) is 4.33. The molecule has 1 aliphatic carbocycles. The highest BCUT2D eigenvalue weighted by Gasteiger charge is 2.23. The average molecular weight is 300 g/mol. The summed E-state index contributed by atoms with van der Waals surface area (Å²) in [5.41, 5.74) is 1.46. The number of hydrogen-bond donors (Lipinski definition) is 2. The molecule has 1 unspecified atom stereocenters. The van der Waals surface area contributed by atoms with E-state index in [2.05, 4.69) is 41.0 Å². The van der Waals surface area contributed by atoms with E-state index in [1.54, 1.807) is 0 Å². The van der Waals surface area contributed by atoms with E-state index >= 15 is 0 Å². The van der Waals surface area contributed by atoms with Crippen LogP contribution in [0.2, 0.25) is 0 Å².